The van der Waals surface area contributed by atoms with E-state index in [2.05, 4.69) is 16.0 Å². The first kappa shape index (κ1) is 34.1. The molecule has 2 atom stereocenters. The van der Waals surface area contributed by atoms with E-state index in [0.717, 1.165) is 0 Å². The Labute approximate surface area is 251 Å². The van der Waals surface area contributed by atoms with E-state index in [1.165, 1.54) is 11.8 Å². The first-order chi connectivity index (χ1) is 19.6. The Bertz CT molecular complexity index is 1280. The maximum atomic E-state index is 12.8. The summed E-state index contributed by atoms with van der Waals surface area (Å²) in [5.74, 6) is -1.22. The van der Waals surface area contributed by atoms with Gasteiger partial charge in [-0.15, -0.1) is 0 Å². The standard InChI is InChI=1S/C30H39ClN4O7/c1-18(2)24(34-28(39)42-30(4,5)6)27(38)32-19(3)26(37)33-22-14-12-20(13-15-22)17-41-29(40)35(7)16-21-10-8-9-11-23(21)25(31)36/h8-15,18-19,24H,16-17H2,1-7H3,(H,32,38)(H,33,37)(H,34,39)/t19-,24-/m0/s1. The van der Waals surface area contributed by atoms with Crippen molar-refractivity contribution in [1.82, 2.24) is 15.5 Å². The SMILES string of the molecule is CC(C)[C@H](NC(=O)OC(C)(C)C)C(=O)N[C@@H](C)C(=O)Nc1ccc(COC(=O)N(C)Cc2ccccc2C(=O)Cl)cc1. The lowest BCUT2D eigenvalue weighted by Crippen LogP contribution is -2.54. The van der Waals surface area contributed by atoms with E-state index in [0.29, 0.717) is 22.4 Å². The number of hydrogen-bond donors (Lipinski definition) is 3. The van der Waals surface area contributed by atoms with Crippen LogP contribution in [0.3, 0.4) is 0 Å². The van der Waals surface area contributed by atoms with E-state index in [1.54, 1.807) is 90.2 Å². The summed E-state index contributed by atoms with van der Waals surface area (Å²) in [5, 5.41) is 7.29. The molecule has 3 N–H and O–H groups in total. The third-order valence-electron chi connectivity index (χ3n) is 5.91. The zero-order chi connectivity index (χ0) is 31.6. The molecule has 0 aliphatic rings. The van der Waals surface area contributed by atoms with Crippen LogP contribution in [0, 0.1) is 5.92 Å². The maximum absolute atomic E-state index is 12.8. The van der Waals surface area contributed by atoms with Crippen molar-refractivity contribution in [1.29, 1.82) is 0 Å². The third-order valence-corrected chi connectivity index (χ3v) is 6.11. The minimum Gasteiger partial charge on any atom is -0.445 e. The highest BCUT2D eigenvalue weighted by Gasteiger charge is 2.29. The molecule has 42 heavy (non-hydrogen) atoms. The monoisotopic (exact) mass is 602 g/mol. The summed E-state index contributed by atoms with van der Waals surface area (Å²) >= 11 is 5.62. The van der Waals surface area contributed by atoms with Crippen molar-refractivity contribution >= 4 is 46.5 Å². The van der Waals surface area contributed by atoms with Gasteiger partial charge in [0.25, 0.3) is 5.24 Å². The molecule has 0 unspecified atom stereocenters. The number of carbonyl (C=O) groups is 5. The minimum absolute atomic E-state index is 0.0127. The minimum atomic E-state index is -0.895. The highest BCUT2D eigenvalue weighted by molar-refractivity contribution is 6.67. The number of hydrogen-bond acceptors (Lipinski definition) is 7. The molecule has 2 aromatic carbocycles. The molecule has 11 nitrogen and oxygen atoms in total. The Morgan fingerprint density at radius 1 is 0.905 bits per heavy atom. The topological polar surface area (TPSA) is 143 Å². The lowest BCUT2D eigenvalue weighted by Gasteiger charge is -2.26. The number of nitrogens with zero attached hydrogens (tertiary/aromatic N) is 1. The van der Waals surface area contributed by atoms with Crippen LogP contribution in [0.5, 0.6) is 0 Å². The average Bonchev–Trinajstić information content (AvgIpc) is 2.89. The second-order valence-electron chi connectivity index (χ2n) is 11.1. The largest absolute Gasteiger partial charge is 0.445 e. The van der Waals surface area contributed by atoms with Gasteiger partial charge in [0.05, 0.1) is 0 Å². The Hall–Kier alpha value is -4.12. The maximum Gasteiger partial charge on any atom is 0.410 e. The van der Waals surface area contributed by atoms with Crippen molar-refractivity contribution in [2.24, 2.45) is 5.92 Å². The molecule has 0 fully saturated rings. The van der Waals surface area contributed by atoms with Gasteiger partial charge in [0.2, 0.25) is 11.8 Å². The summed E-state index contributed by atoms with van der Waals surface area (Å²) < 4.78 is 10.6. The molecule has 0 saturated heterocycles. The van der Waals surface area contributed by atoms with Gasteiger partial charge in [0.15, 0.2) is 0 Å². The summed E-state index contributed by atoms with van der Waals surface area (Å²) in [6, 6.07) is 11.6. The van der Waals surface area contributed by atoms with Crippen LogP contribution in [-0.2, 0) is 32.2 Å². The van der Waals surface area contributed by atoms with Crippen LogP contribution in [-0.4, -0.2) is 58.9 Å². The normalized spacial score (nSPS) is 12.5. The number of ether oxygens (including phenoxy) is 2. The number of halogens is 1. The number of amides is 4. The van der Waals surface area contributed by atoms with Gasteiger partial charge in [-0.2, -0.15) is 0 Å². The third kappa shape index (κ3) is 11.0. The number of alkyl carbamates (subject to hydrolysis) is 1. The zero-order valence-corrected chi connectivity index (χ0v) is 25.7. The van der Waals surface area contributed by atoms with Crippen LogP contribution in [0.2, 0.25) is 0 Å². The average molecular weight is 603 g/mol. The number of carbonyl (C=O) groups excluding carboxylic acids is 5. The fourth-order valence-electron chi connectivity index (χ4n) is 3.70. The van der Waals surface area contributed by atoms with Gasteiger partial charge in [0.1, 0.15) is 24.3 Å². The Morgan fingerprint density at radius 3 is 2.10 bits per heavy atom. The number of rotatable bonds is 11. The fourth-order valence-corrected chi connectivity index (χ4v) is 3.88. The summed E-state index contributed by atoms with van der Waals surface area (Å²) in [6.07, 6.45) is -1.31. The summed E-state index contributed by atoms with van der Waals surface area (Å²) in [6.45, 7) is 10.4. The molecule has 12 heteroatoms. The van der Waals surface area contributed by atoms with Crippen molar-refractivity contribution < 1.29 is 33.4 Å². The molecule has 2 aromatic rings. The molecule has 2 rings (SSSR count). The van der Waals surface area contributed by atoms with E-state index in [4.69, 9.17) is 21.1 Å². The predicted molar refractivity (Wildman–Crippen MR) is 159 cm³/mol. The van der Waals surface area contributed by atoms with Crippen LogP contribution in [0.1, 0.15) is 63.0 Å². The lowest BCUT2D eigenvalue weighted by molar-refractivity contribution is -0.128. The second kappa shape index (κ2) is 15.2. The Balaban J connectivity index is 1.87. The molecule has 0 saturated carbocycles. The highest BCUT2D eigenvalue weighted by atomic mass is 35.5. The van der Waals surface area contributed by atoms with E-state index in [1.807, 2.05) is 0 Å². The van der Waals surface area contributed by atoms with E-state index in [9.17, 15) is 24.0 Å². The van der Waals surface area contributed by atoms with Crippen molar-refractivity contribution in [3.8, 4) is 0 Å². The van der Waals surface area contributed by atoms with Gasteiger partial charge >= 0.3 is 12.2 Å². The lowest BCUT2D eigenvalue weighted by atomic mass is 10.0. The molecule has 0 spiro atoms. The second-order valence-corrected chi connectivity index (χ2v) is 11.5. The van der Waals surface area contributed by atoms with Crippen molar-refractivity contribution in [2.75, 3.05) is 12.4 Å². The summed E-state index contributed by atoms with van der Waals surface area (Å²) in [7, 11) is 1.55. The molecule has 0 radical (unpaired) electrons. The molecule has 0 aromatic heterocycles. The fraction of sp³-hybridized carbons (Fsp3) is 0.433. The first-order valence-electron chi connectivity index (χ1n) is 13.4. The number of nitrogens with one attached hydrogen (secondary N) is 3. The van der Waals surface area contributed by atoms with Crippen LogP contribution in [0.25, 0.3) is 0 Å². The molecule has 4 amide bonds. The molecule has 228 valence electrons. The van der Waals surface area contributed by atoms with Gasteiger partial charge < -0.3 is 30.3 Å². The molecule has 0 aliphatic heterocycles. The van der Waals surface area contributed by atoms with Crippen LogP contribution < -0.4 is 16.0 Å². The van der Waals surface area contributed by atoms with E-state index in [-0.39, 0.29) is 19.1 Å². The Kier molecular flexibility index (Phi) is 12.3. The number of anilines is 1. The molecule has 0 heterocycles. The van der Waals surface area contributed by atoms with Gasteiger partial charge in [-0.25, -0.2) is 9.59 Å². The highest BCUT2D eigenvalue weighted by Crippen LogP contribution is 2.16. The quantitative estimate of drug-likeness (QED) is 0.313. The van der Waals surface area contributed by atoms with Gasteiger partial charge in [-0.1, -0.05) is 44.2 Å². The molecule has 0 aliphatic carbocycles. The van der Waals surface area contributed by atoms with Crippen LogP contribution in [0.15, 0.2) is 48.5 Å². The van der Waals surface area contributed by atoms with Crippen LogP contribution in [0.4, 0.5) is 15.3 Å². The summed E-state index contributed by atoms with van der Waals surface area (Å²) in [5.41, 5.74) is 1.36. The van der Waals surface area contributed by atoms with Crippen molar-refractivity contribution in [2.45, 2.75) is 72.4 Å². The van der Waals surface area contributed by atoms with Crippen molar-refractivity contribution in [3.63, 3.8) is 0 Å². The predicted octanol–water partition coefficient (Wildman–Crippen LogP) is 4.83. The van der Waals surface area contributed by atoms with Crippen LogP contribution >= 0.6 is 11.6 Å². The van der Waals surface area contributed by atoms with Crippen molar-refractivity contribution in [3.05, 3.63) is 65.2 Å². The smallest absolute Gasteiger partial charge is 0.410 e. The Morgan fingerprint density at radius 2 is 1.52 bits per heavy atom. The molecular weight excluding hydrogens is 564 g/mol. The van der Waals surface area contributed by atoms with E-state index >= 15 is 0 Å². The molecular formula is C30H39ClN4O7. The molecule has 0 bridgehead atoms. The van der Waals surface area contributed by atoms with Gasteiger partial charge in [-0.05, 0) is 74.5 Å². The summed E-state index contributed by atoms with van der Waals surface area (Å²) in [4.78, 5) is 63.0. The van der Waals surface area contributed by atoms with Gasteiger partial charge in [0, 0.05) is 24.8 Å². The first-order valence-corrected chi connectivity index (χ1v) is 13.8. The zero-order valence-electron chi connectivity index (χ0n) is 24.9. The van der Waals surface area contributed by atoms with E-state index < -0.39 is 46.9 Å². The van der Waals surface area contributed by atoms with Gasteiger partial charge in [-0.3, -0.25) is 14.4 Å². The number of benzene rings is 2.